The van der Waals surface area contributed by atoms with Gasteiger partial charge in [0.15, 0.2) is 6.00 Å². The number of nitrogens with zero attached hydrogens (tertiary/aromatic N) is 1. The summed E-state index contributed by atoms with van der Waals surface area (Å²) in [5.74, 6) is 0. The van der Waals surface area contributed by atoms with E-state index in [9.17, 15) is 0 Å². The van der Waals surface area contributed by atoms with Crippen LogP contribution in [0.2, 0.25) is 0 Å². The summed E-state index contributed by atoms with van der Waals surface area (Å²) in [5.41, 5.74) is 0. The first-order valence-electron chi connectivity index (χ1n) is 3.30. The number of likely N-dealkylation sites (N-methyl/N-ethyl adjacent to an activating group) is 1. The van der Waals surface area contributed by atoms with Gasteiger partial charge in [-0.05, 0) is 12.2 Å². The quantitative estimate of drug-likeness (QED) is 0.250. The van der Waals surface area contributed by atoms with Crippen molar-refractivity contribution in [3.05, 3.63) is 25.3 Å². The summed E-state index contributed by atoms with van der Waals surface area (Å²) < 4.78 is 0.786. The summed E-state index contributed by atoms with van der Waals surface area (Å²) in [6.07, 6.45) is 3.76. The third kappa shape index (κ3) is 3.04. The Morgan fingerprint density at radius 2 is 1.70 bits per heavy atom. The third-order valence-electron chi connectivity index (χ3n) is 1.43. The maximum atomic E-state index is 5.74. The van der Waals surface area contributed by atoms with E-state index in [2.05, 4.69) is 20.2 Å². The van der Waals surface area contributed by atoms with Gasteiger partial charge in [-0.1, -0.05) is 24.8 Å². The van der Waals surface area contributed by atoms with Crippen molar-refractivity contribution in [2.45, 2.75) is 0 Å². The molecule has 0 aromatic heterocycles. The van der Waals surface area contributed by atoms with E-state index < -0.39 is 0 Å². The summed E-state index contributed by atoms with van der Waals surface area (Å²) in [7, 11) is 2.08. The molecule has 0 aliphatic heterocycles. The van der Waals surface area contributed by atoms with Crippen LogP contribution in [0.1, 0.15) is 0 Å². The number of alkyl halides is 1. The Morgan fingerprint density at radius 3 is 1.90 bits per heavy atom. The van der Waals surface area contributed by atoms with Gasteiger partial charge < -0.3 is 4.48 Å². The van der Waals surface area contributed by atoms with E-state index in [4.69, 9.17) is 11.6 Å². The van der Waals surface area contributed by atoms with Crippen LogP contribution in [0.5, 0.6) is 0 Å². The van der Waals surface area contributed by atoms with E-state index in [1.807, 2.05) is 12.2 Å². The normalized spacial score (nSPS) is 11.0. The second kappa shape index (κ2) is 4.53. The van der Waals surface area contributed by atoms with Gasteiger partial charge >= 0.3 is 0 Å². The van der Waals surface area contributed by atoms with Crippen LogP contribution in [0.25, 0.3) is 0 Å². The Hall–Kier alpha value is -0.270. The first-order chi connectivity index (χ1) is 4.68. The molecule has 0 aromatic rings. The van der Waals surface area contributed by atoms with Gasteiger partial charge in [-0.15, -0.1) is 0 Å². The standard InChI is InChI=1S/C8H15ClN/c1-4-6-10(3,8-9)7-5-2/h4-5H,1-2,6-8H2,3H3/q+1. The molecule has 0 aliphatic rings. The molecule has 1 nitrogen and oxygen atoms in total. The van der Waals surface area contributed by atoms with Gasteiger partial charge in [-0.3, -0.25) is 0 Å². The van der Waals surface area contributed by atoms with Crippen LogP contribution < -0.4 is 0 Å². The minimum atomic E-state index is 0.609. The van der Waals surface area contributed by atoms with Crippen LogP contribution in [0, 0.1) is 0 Å². The SMILES string of the molecule is C=CC[N+](C)(CCl)CC=C. The lowest BCUT2D eigenvalue weighted by Gasteiger charge is -2.29. The smallest absolute Gasteiger partial charge is 0.155 e. The highest BCUT2D eigenvalue weighted by molar-refractivity contribution is 6.16. The summed E-state index contributed by atoms with van der Waals surface area (Å²) in [4.78, 5) is 0. The van der Waals surface area contributed by atoms with Crippen molar-refractivity contribution in [2.75, 3.05) is 26.1 Å². The van der Waals surface area contributed by atoms with Crippen LogP contribution in [0.15, 0.2) is 25.3 Å². The van der Waals surface area contributed by atoms with Crippen LogP contribution in [0.3, 0.4) is 0 Å². The predicted molar refractivity (Wildman–Crippen MR) is 47.0 cm³/mol. The van der Waals surface area contributed by atoms with Gasteiger partial charge in [0.1, 0.15) is 0 Å². The third-order valence-corrected chi connectivity index (χ3v) is 2.01. The molecule has 10 heavy (non-hydrogen) atoms. The molecule has 0 saturated heterocycles. The second-order valence-corrected chi connectivity index (χ2v) is 2.92. The first-order valence-corrected chi connectivity index (χ1v) is 3.83. The highest BCUT2D eigenvalue weighted by Crippen LogP contribution is 2.03. The molecule has 0 N–H and O–H groups in total. The predicted octanol–water partition coefficient (Wildman–Crippen LogP) is 2.00. The van der Waals surface area contributed by atoms with E-state index in [0.29, 0.717) is 6.00 Å². The van der Waals surface area contributed by atoms with Gasteiger partial charge in [0.05, 0.1) is 20.1 Å². The molecule has 0 fully saturated rings. The molecule has 58 valence electrons. The highest BCUT2D eigenvalue weighted by atomic mass is 35.5. The molecule has 0 amide bonds. The van der Waals surface area contributed by atoms with Gasteiger partial charge in [0, 0.05) is 0 Å². The minimum absolute atomic E-state index is 0.609. The lowest BCUT2D eigenvalue weighted by atomic mass is 10.4. The highest BCUT2D eigenvalue weighted by Gasteiger charge is 2.14. The molecule has 0 aliphatic carbocycles. The fourth-order valence-electron chi connectivity index (χ4n) is 0.795. The molecular weight excluding hydrogens is 146 g/mol. The van der Waals surface area contributed by atoms with Crippen molar-refractivity contribution < 1.29 is 4.48 Å². The summed E-state index contributed by atoms with van der Waals surface area (Å²) in [5, 5.41) is 0. The topological polar surface area (TPSA) is 0 Å². The largest absolute Gasteiger partial charge is 0.307 e. The van der Waals surface area contributed by atoms with Crippen molar-refractivity contribution in [3.63, 3.8) is 0 Å². The molecule has 0 heterocycles. The number of rotatable bonds is 5. The van der Waals surface area contributed by atoms with Crippen LogP contribution in [-0.2, 0) is 0 Å². The summed E-state index contributed by atoms with van der Waals surface area (Å²) in [6, 6.07) is 0.609. The zero-order valence-corrected chi connectivity index (χ0v) is 7.27. The average Bonchev–Trinajstić information content (AvgIpc) is 1.89. The summed E-state index contributed by atoms with van der Waals surface area (Å²) >= 11 is 5.74. The number of quaternary nitrogens is 1. The molecular formula is C8H15ClN+. The maximum absolute atomic E-state index is 5.74. The number of halogens is 1. The summed E-state index contributed by atoms with van der Waals surface area (Å²) in [6.45, 7) is 9.13. The molecule has 2 heteroatoms. The second-order valence-electron chi connectivity index (χ2n) is 2.68. The zero-order valence-electron chi connectivity index (χ0n) is 6.52. The molecule has 0 unspecified atom stereocenters. The van der Waals surface area contributed by atoms with E-state index in [-0.39, 0.29) is 0 Å². The average molecular weight is 161 g/mol. The monoisotopic (exact) mass is 160 g/mol. The van der Waals surface area contributed by atoms with Crippen LogP contribution >= 0.6 is 11.6 Å². The maximum Gasteiger partial charge on any atom is 0.155 e. The van der Waals surface area contributed by atoms with E-state index in [0.717, 1.165) is 17.6 Å². The van der Waals surface area contributed by atoms with Gasteiger partial charge in [-0.2, -0.15) is 0 Å². The van der Waals surface area contributed by atoms with E-state index in [1.54, 1.807) is 0 Å². The van der Waals surface area contributed by atoms with E-state index >= 15 is 0 Å². The van der Waals surface area contributed by atoms with Crippen LogP contribution in [-0.4, -0.2) is 30.6 Å². The fourth-order valence-corrected chi connectivity index (χ4v) is 0.991. The molecule has 0 spiro atoms. The minimum Gasteiger partial charge on any atom is -0.307 e. The molecule has 0 bridgehead atoms. The van der Waals surface area contributed by atoms with Crippen molar-refractivity contribution in [2.24, 2.45) is 0 Å². The lowest BCUT2D eigenvalue weighted by Crippen LogP contribution is -2.42. The zero-order chi connectivity index (χ0) is 8.04. The van der Waals surface area contributed by atoms with Crippen molar-refractivity contribution in [3.8, 4) is 0 Å². The lowest BCUT2D eigenvalue weighted by molar-refractivity contribution is -0.887. The van der Waals surface area contributed by atoms with Gasteiger partial charge in [0.25, 0.3) is 0 Å². The molecule has 0 radical (unpaired) electrons. The van der Waals surface area contributed by atoms with Crippen LogP contribution in [0.4, 0.5) is 0 Å². The number of hydrogen-bond donors (Lipinski definition) is 0. The van der Waals surface area contributed by atoms with Crippen molar-refractivity contribution >= 4 is 11.6 Å². The molecule has 0 saturated carbocycles. The van der Waals surface area contributed by atoms with E-state index in [1.165, 1.54) is 0 Å². The first kappa shape index (κ1) is 9.73. The Labute approximate surface area is 68.2 Å². The fraction of sp³-hybridized carbons (Fsp3) is 0.500. The van der Waals surface area contributed by atoms with Gasteiger partial charge in [-0.25, -0.2) is 0 Å². The van der Waals surface area contributed by atoms with Crippen molar-refractivity contribution in [1.29, 1.82) is 0 Å². The Kier molecular flexibility index (Phi) is 4.41. The molecule has 0 aromatic carbocycles. The Balaban J connectivity index is 3.92. The van der Waals surface area contributed by atoms with Gasteiger partial charge in [0.2, 0.25) is 0 Å². The Morgan fingerprint density at radius 1 is 1.30 bits per heavy atom. The molecule has 0 atom stereocenters. The van der Waals surface area contributed by atoms with Crippen molar-refractivity contribution in [1.82, 2.24) is 0 Å². The number of hydrogen-bond acceptors (Lipinski definition) is 0. The molecule has 0 rings (SSSR count). The Bertz CT molecular complexity index is 110.